The molecule has 16 heavy (non-hydrogen) atoms. The van der Waals surface area contributed by atoms with Gasteiger partial charge in [-0.05, 0) is 32.9 Å². The molecule has 2 rings (SSSR count). The lowest BCUT2D eigenvalue weighted by molar-refractivity contribution is -0.129. The molecule has 0 aromatic carbocycles. The molecule has 4 heteroatoms. The maximum absolute atomic E-state index is 11.7. The maximum Gasteiger partial charge on any atom is 0.246 e. The molecule has 1 aromatic heterocycles. The molecule has 1 amide bonds. The van der Waals surface area contributed by atoms with Gasteiger partial charge < -0.3 is 4.90 Å². The topological polar surface area (TPSA) is 38.1 Å². The smallest absolute Gasteiger partial charge is 0.246 e. The Morgan fingerprint density at radius 2 is 2.31 bits per heavy atom. The monoisotopic (exact) mass is 219 g/mol. The van der Waals surface area contributed by atoms with E-state index in [-0.39, 0.29) is 18.0 Å². The van der Waals surface area contributed by atoms with Crippen molar-refractivity contribution in [3.63, 3.8) is 0 Å². The Kier molecular flexibility index (Phi) is 2.58. The van der Waals surface area contributed by atoms with Crippen molar-refractivity contribution < 1.29 is 4.79 Å². The third-order valence-corrected chi connectivity index (χ3v) is 3.12. The first-order valence-electron chi connectivity index (χ1n) is 5.53. The van der Waals surface area contributed by atoms with Crippen molar-refractivity contribution in [2.45, 2.75) is 32.9 Å². The van der Waals surface area contributed by atoms with Gasteiger partial charge in [-0.3, -0.25) is 9.48 Å². The average molecular weight is 219 g/mol. The fourth-order valence-electron chi connectivity index (χ4n) is 2.28. The molecule has 2 heterocycles. The van der Waals surface area contributed by atoms with Gasteiger partial charge in [-0.1, -0.05) is 6.58 Å². The van der Waals surface area contributed by atoms with E-state index in [1.807, 2.05) is 29.5 Å². The first-order chi connectivity index (χ1) is 7.54. The molecule has 1 aliphatic rings. The Morgan fingerprint density at radius 3 is 2.94 bits per heavy atom. The van der Waals surface area contributed by atoms with Crippen LogP contribution >= 0.6 is 0 Å². The van der Waals surface area contributed by atoms with Gasteiger partial charge in [0.2, 0.25) is 5.91 Å². The van der Waals surface area contributed by atoms with Crippen LogP contribution in [0.5, 0.6) is 0 Å². The van der Waals surface area contributed by atoms with Crippen LogP contribution in [0.2, 0.25) is 0 Å². The summed E-state index contributed by atoms with van der Waals surface area (Å²) < 4.78 is 2.02. The Labute approximate surface area is 95.5 Å². The van der Waals surface area contributed by atoms with E-state index in [2.05, 4.69) is 18.6 Å². The molecule has 0 radical (unpaired) electrons. The third-order valence-electron chi connectivity index (χ3n) is 3.12. The zero-order valence-electron chi connectivity index (χ0n) is 9.97. The van der Waals surface area contributed by atoms with Crippen molar-refractivity contribution in [3.05, 3.63) is 30.1 Å². The van der Waals surface area contributed by atoms with Crippen LogP contribution in [-0.2, 0) is 4.79 Å². The van der Waals surface area contributed by atoms with E-state index >= 15 is 0 Å². The number of carbonyl (C=O) groups excluding carboxylic acids is 1. The SMILES string of the molecule is C=CC(=O)N1CC(C)n2nc(C)cc2C1C. The Bertz CT molecular complexity index is 435. The Balaban J connectivity index is 2.40. The lowest BCUT2D eigenvalue weighted by Gasteiger charge is -2.36. The van der Waals surface area contributed by atoms with Crippen LogP contribution in [0.3, 0.4) is 0 Å². The fraction of sp³-hybridized carbons (Fsp3) is 0.500. The van der Waals surface area contributed by atoms with Crippen molar-refractivity contribution in [1.29, 1.82) is 0 Å². The van der Waals surface area contributed by atoms with Crippen LogP contribution in [0.15, 0.2) is 18.7 Å². The number of aryl methyl sites for hydroxylation is 1. The molecule has 0 saturated carbocycles. The number of fused-ring (bicyclic) bond motifs is 1. The third kappa shape index (κ3) is 1.54. The van der Waals surface area contributed by atoms with Gasteiger partial charge in [-0.15, -0.1) is 0 Å². The summed E-state index contributed by atoms with van der Waals surface area (Å²) in [7, 11) is 0. The molecule has 1 aromatic rings. The van der Waals surface area contributed by atoms with E-state index in [1.165, 1.54) is 6.08 Å². The standard InChI is InChI=1S/C12H17N3O/c1-5-12(16)14-7-9(3)15-11(10(14)4)6-8(2)13-15/h5-6,9-10H,1,7H2,2-4H3. The lowest BCUT2D eigenvalue weighted by atomic mass is 10.1. The van der Waals surface area contributed by atoms with Crippen molar-refractivity contribution in [2.24, 2.45) is 0 Å². The maximum atomic E-state index is 11.7. The second-order valence-corrected chi connectivity index (χ2v) is 4.37. The van der Waals surface area contributed by atoms with Gasteiger partial charge in [-0.2, -0.15) is 5.10 Å². The molecule has 0 saturated heterocycles. The predicted molar refractivity (Wildman–Crippen MR) is 62.0 cm³/mol. The minimum absolute atomic E-state index is 0.00977. The van der Waals surface area contributed by atoms with Crippen LogP contribution in [0.1, 0.15) is 37.3 Å². The van der Waals surface area contributed by atoms with E-state index in [1.54, 1.807) is 0 Å². The van der Waals surface area contributed by atoms with Gasteiger partial charge >= 0.3 is 0 Å². The second kappa shape index (κ2) is 3.77. The second-order valence-electron chi connectivity index (χ2n) is 4.37. The molecule has 2 atom stereocenters. The normalized spacial score (nSPS) is 24.1. The van der Waals surface area contributed by atoms with Gasteiger partial charge in [0, 0.05) is 6.54 Å². The largest absolute Gasteiger partial charge is 0.329 e. The summed E-state index contributed by atoms with van der Waals surface area (Å²) in [5.41, 5.74) is 2.10. The first kappa shape index (κ1) is 10.9. The van der Waals surface area contributed by atoms with Crippen LogP contribution < -0.4 is 0 Å². The van der Waals surface area contributed by atoms with Gasteiger partial charge in [0.05, 0.1) is 23.5 Å². The molecule has 2 unspecified atom stereocenters. The van der Waals surface area contributed by atoms with Gasteiger partial charge in [-0.25, -0.2) is 0 Å². The highest BCUT2D eigenvalue weighted by Gasteiger charge is 2.31. The van der Waals surface area contributed by atoms with Crippen LogP contribution in [0.25, 0.3) is 0 Å². The highest BCUT2D eigenvalue weighted by Crippen LogP contribution is 2.30. The zero-order chi connectivity index (χ0) is 11.9. The van der Waals surface area contributed by atoms with Crippen molar-refractivity contribution in [1.82, 2.24) is 14.7 Å². The minimum Gasteiger partial charge on any atom is -0.329 e. The van der Waals surface area contributed by atoms with Crippen molar-refractivity contribution >= 4 is 5.91 Å². The summed E-state index contributed by atoms with van der Waals surface area (Å²) in [5, 5.41) is 4.46. The first-order valence-corrected chi connectivity index (χ1v) is 5.53. The number of carbonyl (C=O) groups is 1. The molecule has 0 spiro atoms. The number of nitrogens with zero attached hydrogens (tertiary/aromatic N) is 3. The van der Waals surface area contributed by atoms with Gasteiger partial charge in [0.25, 0.3) is 0 Å². The summed E-state index contributed by atoms with van der Waals surface area (Å²) in [6.45, 7) is 10.3. The minimum atomic E-state index is -0.00977. The molecule has 4 nitrogen and oxygen atoms in total. The highest BCUT2D eigenvalue weighted by molar-refractivity contribution is 5.87. The zero-order valence-corrected chi connectivity index (χ0v) is 9.97. The number of hydrogen-bond donors (Lipinski definition) is 0. The summed E-state index contributed by atoms with van der Waals surface area (Å²) in [5.74, 6) is -0.00977. The van der Waals surface area contributed by atoms with Gasteiger partial charge in [0.15, 0.2) is 0 Å². The molecule has 0 N–H and O–H groups in total. The number of rotatable bonds is 1. The quantitative estimate of drug-likeness (QED) is 0.676. The van der Waals surface area contributed by atoms with E-state index in [9.17, 15) is 4.79 Å². The summed E-state index contributed by atoms with van der Waals surface area (Å²) in [6, 6.07) is 2.34. The lowest BCUT2D eigenvalue weighted by Crippen LogP contribution is -2.42. The van der Waals surface area contributed by atoms with Crippen LogP contribution in [-0.4, -0.2) is 27.1 Å². The van der Waals surface area contributed by atoms with E-state index in [0.717, 1.165) is 11.4 Å². The summed E-state index contributed by atoms with van der Waals surface area (Å²) in [4.78, 5) is 13.6. The molecule has 1 aliphatic heterocycles. The Hall–Kier alpha value is -1.58. The summed E-state index contributed by atoms with van der Waals surface area (Å²) in [6.07, 6.45) is 1.38. The molecule has 0 aliphatic carbocycles. The highest BCUT2D eigenvalue weighted by atomic mass is 16.2. The predicted octanol–water partition coefficient (Wildman–Crippen LogP) is 1.84. The van der Waals surface area contributed by atoms with Crippen molar-refractivity contribution in [3.8, 4) is 0 Å². The molecular formula is C12H17N3O. The number of amides is 1. The molecule has 0 bridgehead atoms. The Morgan fingerprint density at radius 1 is 1.62 bits per heavy atom. The van der Waals surface area contributed by atoms with E-state index < -0.39 is 0 Å². The van der Waals surface area contributed by atoms with Gasteiger partial charge in [0.1, 0.15) is 0 Å². The van der Waals surface area contributed by atoms with E-state index in [4.69, 9.17) is 0 Å². The fourth-order valence-corrected chi connectivity index (χ4v) is 2.28. The van der Waals surface area contributed by atoms with Crippen LogP contribution in [0.4, 0.5) is 0 Å². The molecule has 86 valence electrons. The number of aromatic nitrogens is 2. The van der Waals surface area contributed by atoms with Crippen molar-refractivity contribution in [2.75, 3.05) is 6.54 Å². The van der Waals surface area contributed by atoms with E-state index in [0.29, 0.717) is 6.54 Å². The molecule has 0 fully saturated rings. The summed E-state index contributed by atoms with van der Waals surface area (Å²) >= 11 is 0. The van der Waals surface area contributed by atoms with Crippen LogP contribution in [0, 0.1) is 6.92 Å². The molecular weight excluding hydrogens is 202 g/mol. The average Bonchev–Trinajstić information content (AvgIpc) is 2.65. The number of hydrogen-bond acceptors (Lipinski definition) is 2.